The maximum absolute atomic E-state index is 12.2. The molecule has 1 aromatic carbocycles. The summed E-state index contributed by atoms with van der Waals surface area (Å²) in [5.41, 5.74) is 2.00. The third kappa shape index (κ3) is 6.17. The highest BCUT2D eigenvalue weighted by Gasteiger charge is 2.15. The molecule has 23 heavy (non-hydrogen) atoms. The van der Waals surface area contributed by atoms with Crippen molar-refractivity contribution in [1.29, 1.82) is 0 Å². The van der Waals surface area contributed by atoms with Crippen LogP contribution in [0, 0.1) is 5.92 Å². The normalized spacial score (nSPS) is 15.4. The highest BCUT2D eigenvalue weighted by molar-refractivity contribution is 9.09. The molecule has 0 atom stereocenters. The Bertz CT molecular complexity index is 498. The summed E-state index contributed by atoms with van der Waals surface area (Å²) in [5, 5.41) is 3.95. The highest BCUT2D eigenvalue weighted by atomic mass is 79.9. The minimum Gasteiger partial charge on any atom is -0.492 e. The molecule has 1 aromatic rings. The molecule has 1 saturated carbocycles. The topological polar surface area (TPSA) is 38.3 Å². The second-order valence-corrected chi connectivity index (χ2v) is 7.09. The third-order valence-corrected chi connectivity index (χ3v) is 4.90. The van der Waals surface area contributed by atoms with Gasteiger partial charge in [-0.25, -0.2) is 0 Å². The zero-order valence-corrected chi connectivity index (χ0v) is 15.7. The van der Waals surface area contributed by atoms with Crippen molar-refractivity contribution < 1.29 is 9.53 Å². The average molecular weight is 382 g/mol. The van der Waals surface area contributed by atoms with Crippen molar-refractivity contribution in [2.24, 2.45) is 5.92 Å². The number of anilines is 1. The van der Waals surface area contributed by atoms with Crippen molar-refractivity contribution in [2.45, 2.75) is 58.3 Å². The quantitative estimate of drug-likeness (QED) is 0.618. The number of amides is 1. The van der Waals surface area contributed by atoms with Crippen molar-refractivity contribution in [3.8, 4) is 5.75 Å². The first-order valence-electron chi connectivity index (χ1n) is 8.84. The van der Waals surface area contributed by atoms with E-state index < -0.39 is 0 Å². The molecule has 1 fully saturated rings. The van der Waals surface area contributed by atoms with E-state index in [-0.39, 0.29) is 5.91 Å². The molecule has 128 valence electrons. The summed E-state index contributed by atoms with van der Waals surface area (Å²) in [5.74, 6) is 1.61. The first-order valence-corrected chi connectivity index (χ1v) is 9.96. The molecular formula is C19H28BrNO2. The van der Waals surface area contributed by atoms with Gasteiger partial charge in [0.05, 0.1) is 12.3 Å². The molecule has 0 aliphatic heterocycles. The second kappa shape index (κ2) is 9.96. The lowest BCUT2D eigenvalue weighted by molar-refractivity contribution is -0.116. The Morgan fingerprint density at radius 3 is 2.78 bits per heavy atom. The van der Waals surface area contributed by atoms with Crippen LogP contribution in [0.1, 0.15) is 57.4 Å². The number of ether oxygens (including phenoxy) is 1. The van der Waals surface area contributed by atoms with Crippen LogP contribution in [0.5, 0.6) is 5.75 Å². The standard InChI is InChI=1S/C19H28BrNO2/c1-2-23-18-14-16(12-13-20)8-10-17(18)21-19(22)11-9-15-6-4-3-5-7-15/h8,10,14-15H,2-7,9,11-13H2,1H3,(H,21,22). The SMILES string of the molecule is CCOc1cc(CCBr)ccc1NC(=O)CCC1CCCCC1. The molecule has 1 N–H and O–H groups in total. The lowest BCUT2D eigenvalue weighted by Crippen LogP contribution is -2.15. The molecule has 0 heterocycles. The summed E-state index contributed by atoms with van der Waals surface area (Å²) in [4.78, 5) is 12.2. The van der Waals surface area contributed by atoms with Crippen LogP contribution < -0.4 is 10.1 Å². The summed E-state index contributed by atoms with van der Waals surface area (Å²) in [6.07, 6.45) is 9.18. The summed E-state index contributed by atoms with van der Waals surface area (Å²) in [7, 11) is 0. The number of rotatable bonds is 8. The fraction of sp³-hybridized carbons (Fsp3) is 0.632. The number of hydrogen-bond acceptors (Lipinski definition) is 2. The largest absolute Gasteiger partial charge is 0.492 e. The molecule has 0 radical (unpaired) electrons. The fourth-order valence-corrected chi connectivity index (χ4v) is 3.69. The molecule has 2 rings (SSSR count). The predicted octanol–water partition coefficient (Wildman–Crippen LogP) is 5.32. The molecule has 1 amide bonds. The number of benzene rings is 1. The highest BCUT2D eigenvalue weighted by Crippen LogP contribution is 2.29. The number of carbonyl (C=O) groups excluding carboxylic acids is 1. The summed E-state index contributed by atoms with van der Waals surface area (Å²) >= 11 is 3.46. The minimum absolute atomic E-state index is 0.102. The Labute approximate surface area is 148 Å². The van der Waals surface area contributed by atoms with Gasteiger partial charge < -0.3 is 10.1 Å². The van der Waals surface area contributed by atoms with Gasteiger partial charge in [0, 0.05) is 11.8 Å². The number of nitrogens with one attached hydrogen (secondary N) is 1. The monoisotopic (exact) mass is 381 g/mol. The number of carbonyl (C=O) groups is 1. The number of alkyl halides is 1. The van der Waals surface area contributed by atoms with E-state index in [4.69, 9.17) is 4.74 Å². The predicted molar refractivity (Wildman–Crippen MR) is 99.5 cm³/mol. The first-order chi connectivity index (χ1) is 11.2. The maximum atomic E-state index is 12.2. The number of halogens is 1. The zero-order chi connectivity index (χ0) is 16.5. The van der Waals surface area contributed by atoms with Crippen LogP contribution in [-0.2, 0) is 11.2 Å². The van der Waals surface area contributed by atoms with E-state index in [0.29, 0.717) is 13.0 Å². The van der Waals surface area contributed by atoms with Crippen LogP contribution in [0.25, 0.3) is 0 Å². The fourth-order valence-electron chi connectivity index (χ4n) is 3.23. The van der Waals surface area contributed by atoms with Crippen LogP contribution in [0.3, 0.4) is 0 Å². The van der Waals surface area contributed by atoms with Crippen LogP contribution in [0.4, 0.5) is 5.69 Å². The van der Waals surface area contributed by atoms with Gasteiger partial charge in [0.1, 0.15) is 5.75 Å². The van der Waals surface area contributed by atoms with E-state index in [1.807, 2.05) is 19.1 Å². The van der Waals surface area contributed by atoms with E-state index in [1.165, 1.54) is 37.7 Å². The van der Waals surface area contributed by atoms with Gasteiger partial charge in [-0.15, -0.1) is 0 Å². The molecule has 0 unspecified atom stereocenters. The average Bonchev–Trinajstić information content (AvgIpc) is 2.57. The molecule has 0 saturated heterocycles. The van der Waals surface area contributed by atoms with Crippen molar-refractivity contribution in [3.05, 3.63) is 23.8 Å². The van der Waals surface area contributed by atoms with Crippen molar-refractivity contribution in [2.75, 3.05) is 17.3 Å². The Balaban J connectivity index is 1.90. The molecule has 0 bridgehead atoms. The molecule has 1 aliphatic rings. The second-order valence-electron chi connectivity index (χ2n) is 6.29. The Morgan fingerprint density at radius 2 is 2.09 bits per heavy atom. The van der Waals surface area contributed by atoms with Gasteiger partial charge in [0.2, 0.25) is 5.91 Å². The van der Waals surface area contributed by atoms with E-state index in [1.54, 1.807) is 0 Å². The molecule has 1 aliphatic carbocycles. The van der Waals surface area contributed by atoms with Gasteiger partial charge in [-0.2, -0.15) is 0 Å². The minimum atomic E-state index is 0.102. The smallest absolute Gasteiger partial charge is 0.224 e. The van der Waals surface area contributed by atoms with Crippen LogP contribution in [0.15, 0.2) is 18.2 Å². The van der Waals surface area contributed by atoms with Crippen LogP contribution >= 0.6 is 15.9 Å². The van der Waals surface area contributed by atoms with E-state index in [9.17, 15) is 4.79 Å². The summed E-state index contributed by atoms with van der Waals surface area (Å²) in [6, 6.07) is 6.05. The Kier molecular flexibility index (Phi) is 7.93. The molecule has 4 heteroatoms. The number of hydrogen-bond donors (Lipinski definition) is 1. The lowest BCUT2D eigenvalue weighted by atomic mass is 9.86. The van der Waals surface area contributed by atoms with E-state index in [2.05, 4.69) is 27.3 Å². The summed E-state index contributed by atoms with van der Waals surface area (Å²) in [6.45, 7) is 2.56. The Hall–Kier alpha value is -1.03. The van der Waals surface area contributed by atoms with E-state index >= 15 is 0 Å². The summed E-state index contributed by atoms with van der Waals surface area (Å²) < 4.78 is 5.69. The Morgan fingerprint density at radius 1 is 1.30 bits per heavy atom. The molecular weight excluding hydrogens is 354 g/mol. The van der Waals surface area contributed by atoms with Gasteiger partial charge in [-0.05, 0) is 43.4 Å². The third-order valence-electron chi connectivity index (χ3n) is 4.51. The zero-order valence-electron chi connectivity index (χ0n) is 14.1. The van der Waals surface area contributed by atoms with Crippen LogP contribution in [-0.4, -0.2) is 17.8 Å². The van der Waals surface area contributed by atoms with Crippen molar-refractivity contribution in [1.82, 2.24) is 0 Å². The van der Waals surface area contributed by atoms with E-state index in [0.717, 1.165) is 35.5 Å². The first kappa shape index (κ1) is 18.3. The maximum Gasteiger partial charge on any atom is 0.224 e. The number of aryl methyl sites for hydroxylation is 1. The van der Waals surface area contributed by atoms with Gasteiger partial charge >= 0.3 is 0 Å². The van der Waals surface area contributed by atoms with Crippen molar-refractivity contribution in [3.63, 3.8) is 0 Å². The molecule has 0 aromatic heterocycles. The lowest BCUT2D eigenvalue weighted by Gasteiger charge is -2.21. The van der Waals surface area contributed by atoms with Gasteiger partial charge in [0.15, 0.2) is 0 Å². The van der Waals surface area contributed by atoms with Gasteiger partial charge in [-0.3, -0.25) is 4.79 Å². The molecule has 0 spiro atoms. The molecule has 3 nitrogen and oxygen atoms in total. The van der Waals surface area contributed by atoms with Gasteiger partial charge in [-0.1, -0.05) is 54.1 Å². The van der Waals surface area contributed by atoms with Crippen molar-refractivity contribution >= 4 is 27.5 Å². The van der Waals surface area contributed by atoms with Crippen LogP contribution in [0.2, 0.25) is 0 Å². The van der Waals surface area contributed by atoms with Gasteiger partial charge in [0.25, 0.3) is 0 Å².